The van der Waals surface area contributed by atoms with Crippen LogP contribution in [0.15, 0.2) is 16.7 Å². The number of rotatable bonds is 2. The third-order valence-corrected chi connectivity index (χ3v) is 2.61. The first-order valence-electron chi connectivity index (χ1n) is 4.38. The van der Waals surface area contributed by atoms with Crippen molar-refractivity contribution in [1.82, 2.24) is 9.97 Å². The molecule has 2 rings (SSSR count). The summed E-state index contributed by atoms with van der Waals surface area (Å²) in [5.74, 6) is -3.29. The number of aromatic amines is 1. The first-order valence-corrected chi connectivity index (χ1v) is 5.18. The Morgan fingerprint density at radius 3 is 2.29 bits per heavy atom. The Kier molecular flexibility index (Phi) is 3.01. The summed E-state index contributed by atoms with van der Waals surface area (Å²) in [4.78, 5) is 16.6. The van der Waals surface area contributed by atoms with E-state index in [1.807, 2.05) is 0 Å². The van der Waals surface area contributed by atoms with E-state index in [-0.39, 0.29) is 16.1 Å². The number of aromatic nitrogens is 2. The molecule has 0 spiro atoms. The summed E-state index contributed by atoms with van der Waals surface area (Å²) in [6.07, 6.45) is 0.396. The van der Waals surface area contributed by atoms with E-state index in [1.54, 1.807) is 0 Å². The fourth-order valence-electron chi connectivity index (χ4n) is 1.36. The number of aldehydes is 1. The second-order valence-corrected chi connectivity index (χ2v) is 3.94. The van der Waals surface area contributed by atoms with Gasteiger partial charge in [0.05, 0.1) is 5.56 Å². The van der Waals surface area contributed by atoms with Gasteiger partial charge < -0.3 is 4.98 Å². The highest BCUT2D eigenvalue weighted by molar-refractivity contribution is 9.10. The van der Waals surface area contributed by atoms with Crippen molar-refractivity contribution in [2.24, 2.45) is 0 Å². The Bertz CT molecular complexity index is 574. The molecule has 17 heavy (non-hydrogen) atoms. The summed E-state index contributed by atoms with van der Waals surface area (Å²) in [6, 6.07) is 1.08. The molecule has 0 aliphatic rings. The van der Waals surface area contributed by atoms with E-state index >= 15 is 0 Å². The highest BCUT2D eigenvalue weighted by Crippen LogP contribution is 2.30. The quantitative estimate of drug-likeness (QED) is 0.867. The minimum Gasteiger partial charge on any atom is -0.330 e. The normalized spacial score (nSPS) is 10.6. The number of halogens is 4. The molecule has 0 atom stereocenters. The van der Waals surface area contributed by atoms with Crippen LogP contribution in [-0.4, -0.2) is 16.3 Å². The molecule has 1 heterocycles. The number of carbonyl (C=O) groups is 1. The molecule has 1 aromatic carbocycles. The molecule has 7 heteroatoms. The zero-order valence-electron chi connectivity index (χ0n) is 8.10. The third-order valence-electron chi connectivity index (χ3n) is 2.03. The highest BCUT2D eigenvalue weighted by atomic mass is 79.9. The summed E-state index contributed by atoms with van der Waals surface area (Å²) in [7, 11) is 0. The number of hydrogen-bond donors (Lipinski definition) is 1. The van der Waals surface area contributed by atoms with Gasteiger partial charge in [0.2, 0.25) is 0 Å². The molecule has 0 aliphatic heterocycles. The Morgan fingerprint density at radius 2 is 1.82 bits per heavy atom. The van der Waals surface area contributed by atoms with Crippen LogP contribution < -0.4 is 0 Å². The molecule has 1 aromatic heterocycles. The molecule has 0 saturated heterocycles. The molecule has 0 radical (unpaired) electrons. The Balaban J connectivity index is 2.67. The average molecular weight is 305 g/mol. The van der Waals surface area contributed by atoms with Crippen LogP contribution >= 0.6 is 15.9 Å². The molecular formula is C10H4BrF3N2O. The molecule has 0 amide bonds. The lowest BCUT2D eigenvalue weighted by atomic mass is 10.1. The standard InChI is InChI=1S/C10H4BrF3N2O/c11-10-9(15-7(3-17)16-10)8-5(13)1-4(12)2-6(8)14/h1-3H,(H,15,16). The van der Waals surface area contributed by atoms with Crippen molar-refractivity contribution in [3.8, 4) is 11.3 Å². The summed E-state index contributed by atoms with van der Waals surface area (Å²) < 4.78 is 39.8. The fourth-order valence-corrected chi connectivity index (χ4v) is 1.85. The predicted octanol–water partition coefficient (Wildman–Crippen LogP) is 3.07. The van der Waals surface area contributed by atoms with Crippen LogP contribution in [0.2, 0.25) is 0 Å². The number of carbonyl (C=O) groups excluding carboxylic acids is 1. The third kappa shape index (κ3) is 2.10. The van der Waals surface area contributed by atoms with Crippen LogP contribution in [0.1, 0.15) is 10.6 Å². The van der Waals surface area contributed by atoms with Crippen LogP contribution in [-0.2, 0) is 0 Å². The van der Waals surface area contributed by atoms with Gasteiger partial charge in [0.25, 0.3) is 0 Å². The number of nitrogens with one attached hydrogen (secondary N) is 1. The molecule has 2 aromatic rings. The Morgan fingerprint density at radius 1 is 1.24 bits per heavy atom. The summed E-state index contributed by atoms with van der Waals surface area (Å²) in [5.41, 5.74) is -0.621. The molecule has 0 saturated carbocycles. The first kappa shape index (κ1) is 11.8. The smallest absolute Gasteiger partial charge is 0.185 e. The topological polar surface area (TPSA) is 45.8 Å². The predicted molar refractivity (Wildman–Crippen MR) is 57.0 cm³/mol. The minimum atomic E-state index is -1.09. The van der Waals surface area contributed by atoms with Gasteiger partial charge in [-0.05, 0) is 15.9 Å². The molecule has 0 bridgehead atoms. The van der Waals surface area contributed by atoms with Crippen molar-refractivity contribution >= 4 is 22.2 Å². The number of imidazole rings is 1. The van der Waals surface area contributed by atoms with Crippen LogP contribution in [0, 0.1) is 17.5 Å². The van der Waals surface area contributed by atoms with E-state index in [1.165, 1.54) is 0 Å². The monoisotopic (exact) mass is 304 g/mol. The van der Waals surface area contributed by atoms with Crippen molar-refractivity contribution in [1.29, 1.82) is 0 Å². The summed E-state index contributed by atoms with van der Waals surface area (Å²) >= 11 is 2.98. The molecule has 0 unspecified atom stereocenters. The van der Waals surface area contributed by atoms with Gasteiger partial charge in [0.15, 0.2) is 12.1 Å². The van der Waals surface area contributed by atoms with Gasteiger partial charge in [-0.15, -0.1) is 0 Å². The first-order chi connectivity index (χ1) is 8.02. The number of benzene rings is 1. The maximum absolute atomic E-state index is 13.4. The second kappa shape index (κ2) is 4.33. The van der Waals surface area contributed by atoms with Crippen LogP contribution in [0.25, 0.3) is 11.3 Å². The highest BCUT2D eigenvalue weighted by Gasteiger charge is 2.19. The van der Waals surface area contributed by atoms with Gasteiger partial charge in [-0.3, -0.25) is 4.79 Å². The molecule has 0 fully saturated rings. The van der Waals surface area contributed by atoms with Gasteiger partial charge in [-0.2, -0.15) is 0 Å². The van der Waals surface area contributed by atoms with E-state index in [0.29, 0.717) is 18.4 Å². The molecule has 3 nitrogen and oxygen atoms in total. The minimum absolute atomic E-state index is 0.0880. The number of nitrogens with zero attached hydrogens (tertiary/aromatic N) is 1. The van der Waals surface area contributed by atoms with E-state index in [4.69, 9.17) is 0 Å². The number of hydrogen-bond acceptors (Lipinski definition) is 2. The molecule has 1 N–H and O–H groups in total. The molecular weight excluding hydrogens is 301 g/mol. The van der Waals surface area contributed by atoms with Crippen molar-refractivity contribution in [2.75, 3.05) is 0 Å². The maximum Gasteiger partial charge on any atom is 0.185 e. The van der Waals surface area contributed by atoms with Gasteiger partial charge in [-0.25, -0.2) is 18.2 Å². The number of H-pyrrole nitrogens is 1. The van der Waals surface area contributed by atoms with E-state index in [0.717, 1.165) is 0 Å². The Hall–Kier alpha value is -1.63. The van der Waals surface area contributed by atoms with Crippen LogP contribution in [0.3, 0.4) is 0 Å². The maximum atomic E-state index is 13.4. The Labute approximate surface area is 102 Å². The summed E-state index contributed by atoms with van der Waals surface area (Å²) in [6.45, 7) is 0. The second-order valence-electron chi connectivity index (χ2n) is 3.15. The molecule has 88 valence electrons. The van der Waals surface area contributed by atoms with E-state index in [2.05, 4.69) is 25.9 Å². The summed E-state index contributed by atoms with van der Waals surface area (Å²) in [5, 5.41) is 0. The lowest BCUT2D eigenvalue weighted by Gasteiger charge is -2.02. The largest absolute Gasteiger partial charge is 0.330 e. The van der Waals surface area contributed by atoms with Gasteiger partial charge in [0.1, 0.15) is 27.7 Å². The van der Waals surface area contributed by atoms with Crippen molar-refractivity contribution in [3.05, 3.63) is 40.0 Å². The van der Waals surface area contributed by atoms with Gasteiger partial charge in [-0.1, -0.05) is 0 Å². The zero-order valence-corrected chi connectivity index (χ0v) is 9.69. The van der Waals surface area contributed by atoms with Gasteiger partial charge in [0, 0.05) is 12.1 Å². The van der Waals surface area contributed by atoms with Crippen LogP contribution in [0.5, 0.6) is 0 Å². The lowest BCUT2D eigenvalue weighted by molar-refractivity contribution is 0.111. The van der Waals surface area contributed by atoms with E-state index < -0.39 is 23.0 Å². The SMILES string of the molecule is O=Cc1nc(-c2c(F)cc(F)cc2F)c(Br)[nH]1. The van der Waals surface area contributed by atoms with E-state index in [9.17, 15) is 18.0 Å². The zero-order chi connectivity index (χ0) is 12.6. The fraction of sp³-hybridized carbons (Fsp3) is 0. The average Bonchev–Trinajstić information content (AvgIpc) is 2.59. The van der Waals surface area contributed by atoms with Crippen molar-refractivity contribution < 1.29 is 18.0 Å². The van der Waals surface area contributed by atoms with Crippen molar-refractivity contribution in [3.63, 3.8) is 0 Å². The molecule has 0 aliphatic carbocycles. The van der Waals surface area contributed by atoms with Gasteiger partial charge >= 0.3 is 0 Å². The van der Waals surface area contributed by atoms with Crippen LogP contribution in [0.4, 0.5) is 13.2 Å². The lowest BCUT2D eigenvalue weighted by Crippen LogP contribution is -1.93. The van der Waals surface area contributed by atoms with Crippen molar-refractivity contribution in [2.45, 2.75) is 0 Å².